The highest BCUT2D eigenvalue weighted by molar-refractivity contribution is 6.09. The molecule has 3 aromatic rings. The average Bonchev–Trinajstić information content (AvgIpc) is 3.52. The van der Waals surface area contributed by atoms with Crippen LogP contribution < -0.4 is 15.1 Å². The number of nitrogens with one attached hydrogen (secondary N) is 1. The van der Waals surface area contributed by atoms with E-state index in [2.05, 4.69) is 35.3 Å². The number of nitrogens with zero attached hydrogens (tertiary/aromatic N) is 7. The third kappa shape index (κ3) is 2.46. The highest BCUT2D eigenvalue weighted by atomic mass is 16.5. The summed E-state index contributed by atoms with van der Waals surface area (Å²) >= 11 is 0. The number of hydrogen-bond acceptors (Lipinski definition) is 7. The first-order valence-corrected chi connectivity index (χ1v) is 10.0. The molecule has 0 spiro atoms. The van der Waals surface area contributed by atoms with E-state index in [1.807, 2.05) is 43.0 Å². The number of anilines is 1. The summed E-state index contributed by atoms with van der Waals surface area (Å²) in [4.78, 5) is 6.67. The Kier molecular flexibility index (Phi) is 3.62. The van der Waals surface area contributed by atoms with Gasteiger partial charge in [0.15, 0.2) is 11.5 Å². The van der Waals surface area contributed by atoms with Crippen molar-refractivity contribution in [2.24, 2.45) is 11.0 Å². The number of imidazole rings is 1. The van der Waals surface area contributed by atoms with Gasteiger partial charge in [0.1, 0.15) is 17.7 Å². The fourth-order valence-electron chi connectivity index (χ4n) is 4.93. The van der Waals surface area contributed by atoms with Gasteiger partial charge in [0.2, 0.25) is 0 Å². The first-order chi connectivity index (χ1) is 14.3. The molecule has 1 N–H and O–H groups in total. The van der Waals surface area contributed by atoms with Crippen molar-refractivity contribution in [2.45, 2.75) is 37.9 Å². The maximum atomic E-state index is 5.32. The fourth-order valence-corrected chi connectivity index (χ4v) is 4.93. The van der Waals surface area contributed by atoms with E-state index in [1.165, 1.54) is 25.7 Å². The molecule has 29 heavy (non-hydrogen) atoms. The lowest BCUT2D eigenvalue weighted by Gasteiger charge is -2.45. The topological polar surface area (TPSA) is 85.4 Å². The summed E-state index contributed by atoms with van der Waals surface area (Å²) in [5.41, 5.74) is 5.00. The standard InChI is InChI=1S/C20H22N8O/c1-29-14-6-4-5-13(9-14)27-11-16(22-25-27)20-24-23-19-15-7-2-3-8-17(15)26-12-21-10-18(26)28(19)20/h4-6,9-12,15,17,19,23H,2-3,7-8H2,1H3. The second-order valence-corrected chi connectivity index (χ2v) is 7.80. The second kappa shape index (κ2) is 6.33. The fraction of sp³-hybridized carbons (Fsp3) is 0.400. The number of rotatable bonds is 3. The van der Waals surface area contributed by atoms with E-state index in [1.54, 1.807) is 11.8 Å². The third-order valence-corrected chi connectivity index (χ3v) is 6.29. The van der Waals surface area contributed by atoms with Gasteiger partial charge in [0.25, 0.3) is 0 Å². The lowest BCUT2D eigenvalue weighted by molar-refractivity contribution is 0.176. The molecular formula is C20H22N8O. The minimum atomic E-state index is 0.140. The second-order valence-electron chi connectivity index (χ2n) is 7.80. The predicted molar refractivity (Wildman–Crippen MR) is 107 cm³/mol. The molecule has 1 fully saturated rings. The zero-order chi connectivity index (χ0) is 19.4. The summed E-state index contributed by atoms with van der Waals surface area (Å²) in [6.07, 6.45) is 10.8. The molecule has 0 saturated heterocycles. The maximum absolute atomic E-state index is 5.32. The number of ether oxygens (including phenoxy) is 1. The number of hydrazone groups is 1. The molecule has 3 unspecified atom stereocenters. The van der Waals surface area contributed by atoms with Gasteiger partial charge in [-0.3, -0.25) is 10.3 Å². The molecule has 0 bridgehead atoms. The molecule has 3 aliphatic rings. The molecule has 3 atom stereocenters. The van der Waals surface area contributed by atoms with Crippen molar-refractivity contribution in [3.8, 4) is 11.4 Å². The Bertz CT molecular complexity index is 1090. The van der Waals surface area contributed by atoms with Crippen LogP contribution in [0.2, 0.25) is 0 Å². The Morgan fingerprint density at radius 3 is 3.07 bits per heavy atom. The summed E-state index contributed by atoms with van der Waals surface area (Å²) in [6.45, 7) is 0. The van der Waals surface area contributed by atoms with Crippen molar-refractivity contribution in [1.29, 1.82) is 0 Å². The van der Waals surface area contributed by atoms with Crippen LogP contribution >= 0.6 is 0 Å². The molecule has 9 heteroatoms. The zero-order valence-corrected chi connectivity index (χ0v) is 16.1. The summed E-state index contributed by atoms with van der Waals surface area (Å²) in [5, 5.41) is 13.4. The first-order valence-electron chi connectivity index (χ1n) is 10.0. The summed E-state index contributed by atoms with van der Waals surface area (Å²) in [6, 6.07) is 8.23. The van der Waals surface area contributed by atoms with Crippen LogP contribution in [0.1, 0.15) is 37.4 Å². The van der Waals surface area contributed by atoms with Crippen LogP contribution in [0.25, 0.3) is 5.69 Å². The van der Waals surface area contributed by atoms with E-state index in [4.69, 9.17) is 4.74 Å². The van der Waals surface area contributed by atoms with E-state index in [9.17, 15) is 0 Å². The van der Waals surface area contributed by atoms with Crippen LogP contribution in [0.15, 0.2) is 48.1 Å². The van der Waals surface area contributed by atoms with Gasteiger partial charge in [-0.25, -0.2) is 9.67 Å². The lowest BCUT2D eigenvalue weighted by Crippen LogP contribution is -2.53. The highest BCUT2D eigenvalue weighted by Crippen LogP contribution is 2.45. The SMILES string of the molecule is COc1cccc(-n2cc(C3=NNC4C5CCCCC5n5cncc5N34)nn2)c1. The van der Waals surface area contributed by atoms with E-state index >= 15 is 0 Å². The van der Waals surface area contributed by atoms with Gasteiger partial charge in [-0.1, -0.05) is 24.1 Å². The minimum absolute atomic E-state index is 0.140. The largest absolute Gasteiger partial charge is 0.497 e. The van der Waals surface area contributed by atoms with E-state index in [0.717, 1.165) is 28.8 Å². The van der Waals surface area contributed by atoms with Gasteiger partial charge in [0, 0.05) is 18.0 Å². The van der Waals surface area contributed by atoms with Crippen LogP contribution in [0.5, 0.6) is 5.75 Å². The molecule has 6 rings (SSSR count). The molecule has 2 aliphatic heterocycles. The quantitative estimate of drug-likeness (QED) is 0.739. The smallest absolute Gasteiger partial charge is 0.185 e. The van der Waals surface area contributed by atoms with Crippen LogP contribution in [-0.4, -0.2) is 43.7 Å². The predicted octanol–water partition coefficient (Wildman–Crippen LogP) is 2.31. The molecule has 1 saturated carbocycles. The first kappa shape index (κ1) is 16.6. The highest BCUT2D eigenvalue weighted by Gasteiger charge is 2.47. The molecular weight excluding hydrogens is 368 g/mol. The lowest BCUT2D eigenvalue weighted by atomic mass is 9.80. The molecule has 1 aromatic carbocycles. The summed E-state index contributed by atoms with van der Waals surface area (Å²) in [7, 11) is 1.66. The van der Waals surface area contributed by atoms with E-state index < -0.39 is 0 Å². The van der Waals surface area contributed by atoms with Crippen molar-refractivity contribution in [3.05, 3.63) is 48.7 Å². The molecule has 4 heterocycles. The van der Waals surface area contributed by atoms with Gasteiger partial charge < -0.3 is 9.30 Å². The van der Waals surface area contributed by atoms with E-state index in [0.29, 0.717) is 12.0 Å². The molecule has 1 aliphatic carbocycles. The zero-order valence-electron chi connectivity index (χ0n) is 16.1. The summed E-state index contributed by atoms with van der Waals surface area (Å²) in [5.74, 6) is 3.13. The summed E-state index contributed by atoms with van der Waals surface area (Å²) < 4.78 is 9.38. The van der Waals surface area contributed by atoms with Crippen LogP contribution in [0.4, 0.5) is 5.82 Å². The van der Waals surface area contributed by atoms with E-state index in [-0.39, 0.29) is 6.17 Å². The van der Waals surface area contributed by atoms with Gasteiger partial charge in [-0.15, -0.1) is 5.10 Å². The number of fused-ring (bicyclic) bond motifs is 6. The van der Waals surface area contributed by atoms with Gasteiger partial charge in [0.05, 0.1) is 31.5 Å². The van der Waals surface area contributed by atoms with Crippen molar-refractivity contribution in [2.75, 3.05) is 12.0 Å². The van der Waals surface area contributed by atoms with Crippen LogP contribution in [-0.2, 0) is 0 Å². The molecule has 2 aromatic heterocycles. The molecule has 0 radical (unpaired) electrons. The third-order valence-electron chi connectivity index (χ3n) is 6.29. The van der Waals surface area contributed by atoms with Crippen LogP contribution in [0.3, 0.4) is 0 Å². The van der Waals surface area contributed by atoms with Gasteiger partial charge in [-0.05, 0) is 25.0 Å². The van der Waals surface area contributed by atoms with Gasteiger partial charge >= 0.3 is 0 Å². The Labute approximate surface area is 168 Å². The number of hydrogen-bond donors (Lipinski definition) is 1. The maximum Gasteiger partial charge on any atom is 0.185 e. The number of benzene rings is 1. The Morgan fingerprint density at radius 2 is 2.14 bits per heavy atom. The Morgan fingerprint density at radius 1 is 1.21 bits per heavy atom. The molecule has 9 nitrogen and oxygen atoms in total. The number of amidine groups is 1. The molecule has 0 amide bonds. The van der Waals surface area contributed by atoms with Crippen molar-refractivity contribution in [3.63, 3.8) is 0 Å². The Hall–Kier alpha value is -3.36. The Balaban J connectivity index is 1.37. The van der Waals surface area contributed by atoms with Crippen LogP contribution in [0, 0.1) is 5.92 Å². The van der Waals surface area contributed by atoms with Gasteiger partial charge in [-0.2, -0.15) is 5.10 Å². The van der Waals surface area contributed by atoms with Crippen molar-refractivity contribution in [1.82, 2.24) is 30.0 Å². The normalized spacial score (nSPS) is 24.9. The number of aromatic nitrogens is 5. The van der Waals surface area contributed by atoms with Crippen molar-refractivity contribution < 1.29 is 4.74 Å². The number of methoxy groups -OCH3 is 1. The molecule has 148 valence electrons. The van der Waals surface area contributed by atoms with Crippen molar-refractivity contribution >= 4 is 11.7 Å². The minimum Gasteiger partial charge on any atom is -0.497 e. The monoisotopic (exact) mass is 390 g/mol. The average molecular weight is 390 g/mol.